The molecule has 0 radical (unpaired) electrons. The fourth-order valence-electron chi connectivity index (χ4n) is 1.85. The van der Waals surface area contributed by atoms with Crippen LogP contribution >= 0.6 is 0 Å². The SMILES string of the molecule is O=C(COc1cccc2ncccc12)c1ccco1. The van der Waals surface area contributed by atoms with E-state index in [0.29, 0.717) is 11.5 Å². The molecule has 2 heterocycles. The number of furan rings is 1. The van der Waals surface area contributed by atoms with Crippen LogP contribution in [0.1, 0.15) is 10.6 Å². The van der Waals surface area contributed by atoms with Gasteiger partial charge in [-0.05, 0) is 36.4 Å². The van der Waals surface area contributed by atoms with Crippen molar-refractivity contribution >= 4 is 16.7 Å². The van der Waals surface area contributed by atoms with Gasteiger partial charge in [-0.1, -0.05) is 6.07 Å². The van der Waals surface area contributed by atoms with Crippen molar-refractivity contribution in [1.29, 1.82) is 0 Å². The highest BCUT2D eigenvalue weighted by Crippen LogP contribution is 2.23. The zero-order chi connectivity index (χ0) is 13.1. The lowest BCUT2D eigenvalue weighted by molar-refractivity contribution is 0.0895. The van der Waals surface area contributed by atoms with Gasteiger partial charge in [-0.2, -0.15) is 0 Å². The van der Waals surface area contributed by atoms with Crippen LogP contribution in [0, 0.1) is 0 Å². The quantitative estimate of drug-likeness (QED) is 0.670. The summed E-state index contributed by atoms with van der Waals surface area (Å²) in [5, 5.41) is 0.886. The Labute approximate surface area is 109 Å². The van der Waals surface area contributed by atoms with Gasteiger partial charge in [0, 0.05) is 11.6 Å². The summed E-state index contributed by atoms with van der Waals surface area (Å²) in [5.41, 5.74) is 0.838. The van der Waals surface area contributed by atoms with Crippen molar-refractivity contribution in [3.8, 4) is 5.75 Å². The second kappa shape index (κ2) is 4.94. The van der Waals surface area contributed by atoms with Gasteiger partial charge in [-0.15, -0.1) is 0 Å². The number of fused-ring (bicyclic) bond motifs is 1. The number of ether oxygens (including phenoxy) is 1. The molecule has 0 saturated carbocycles. The van der Waals surface area contributed by atoms with E-state index in [9.17, 15) is 4.79 Å². The topological polar surface area (TPSA) is 52.3 Å². The first-order chi connectivity index (χ1) is 9.34. The monoisotopic (exact) mass is 253 g/mol. The van der Waals surface area contributed by atoms with Gasteiger partial charge in [0.15, 0.2) is 12.4 Å². The third-order valence-corrected chi connectivity index (χ3v) is 2.76. The van der Waals surface area contributed by atoms with Crippen LogP contribution in [-0.2, 0) is 0 Å². The molecule has 2 aromatic heterocycles. The number of ketones is 1. The molecule has 0 aliphatic rings. The fraction of sp³-hybridized carbons (Fsp3) is 0.0667. The molecule has 0 unspecified atom stereocenters. The number of carbonyl (C=O) groups is 1. The third-order valence-electron chi connectivity index (χ3n) is 2.76. The number of aromatic nitrogens is 1. The number of hydrogen-bond donors (Lipinski definition) is 0. The summed E-state index contributed by atoms with van der Waals surface area (Å²) in [6.45, 7) is -0.0540. The summed E-state index contributed by atoms with van der Waals surface area (Å²) < 4.78 is 10.6. The van der Waals surface area contributed by atoms with Gasteiger partial charge in [-0.25, -0.2) is 0 Å². The highest BCUT2D eigenvalue weighted by atomic mass is 16.5. The fourth-order valence-corrected chi connectivity index (χ4v) is 1.85. The number of carbonyl (C=O) groups excluding carboxylic acids is 1. The first kappa shape index (κ1) is 11.5. The smallest absolute Gasteiger partial charge is 0.235 e. The molecule has 4 nitrogen and oxygen atoms in total. The van der Waals surface area contributed by atoms with Crippen molar-refractivity contribution in [2.45, 2.75) is 0 Å². The van der Waals surface area contributed by atoms with E-state index in [0.717, 1.165) is 10.9 Å². The lowest BCUT2D eigenvalue weighted by Crippen LogP contribution is -2.10. The van der Waals surface area contributed by atoms with Crippen molar-refractivity contribution in [3.63, 3.8) is 0 Å². The molecule has 0 spiro atoms. The van der Waals surface area contributed by atoms with E-state index < -0.39 is 0 Å². The molecule has 0 aliphatic heterocycles. The lowest BCUT2D eigenvalue weighted by Gasteiger charge is -2.07. The Hall–Kier alpha value is -2.62. The largest absolute Gasteiger partial charge is 0.485 e. The van der Waals surface area contributed by atoms with Crippen LogP contribution in [0.25, 0.3) is 10.9 Å². The number of nitrogens with zero attached hydrogens (tertiary/aromatic N) is 1. The Morgan fingerprint density at radius 1 is 1.16 bits per heavy atom. The van der Waals surface area contributed by atoms with Crippen molar-refractivity contribution in [2.75, 3.05) is 6.61 Å². The minimum atomic E-state index is -0.189. The van der Waals surface area contributed by atoms with E-state index in [1.807, 2.05) is 30.3 Å². The van der Waals surface area contributed by atoms with Gasteiger partial charge in [0.2, 0.25) is 5.78 Å². The van der Waals surface area contributed by atoms with Crippen LogP contribution in [0.2, 0.25) is 0 Å². The number of pyridine rings is 1. The van der Waals surface area contributed by atoms with Gasteiger partial charge in [0.05, 0.1) is 11.8 Å². The van der Waals surface area contributed by atoms with Gasteiger partial charge >= 0.3 is 0 Å². The van der Waals surface area contributed by atoms with E-state index >= 15 is 0 Å². The third kappa shape index (κ3) is 2.33. The normalized spacial score (nSPS) is 10.5. The molecular weight excluding hydrogens is 242 g/mol. The van der Waals surface area contributed by atoms with Gasteiger partial charge in [0.25, 0.3) is 0 Å². The van der Waals surface area contributed by atoms with Crippen LogP contribution < -0.4 is 4.74 Å². The maximum atomic E-state index is 11.8. The van der Waals surface area contributed by atoms with Crippen LogP contribution in [0.4, 0.5) is 0 Å². The minimum absolute atomic E-state index is 0.0540. The van der Waals surface area contributed by atoms with Gasteiger partial charge in [0.1, 0.15) is 5.75 Å². The molecule has 0 fully saturated rings. The molecule has 0 atom stereocenters. The second-order valence-electron chi connectivity index (χ2n) is 4.02. The Kier molecular flexibility index (Phi) is 2.98. The van der Waals surface area contributed by atoms with E-state index in [2.05, 4.69) is 4.98 Å². The van der Waals surface area contributed by atoms with Crippen molar-refractivity contribution in [1.82, 2.24) is 4.98 Å². The van der Waals surface area contributed by atoms with Crippen LogP contribution in [0.3, 0.4) is 0 Å². The minimum Gasteiger partial charge on any atom is -0.485 e. The maximum absolute atomic E-state index is 11.8. The molecule has 0 amide bonds. The van der Waals surface area contributed by atoms with Crippen molar-refractivity contribution in [3.05, 3.63) is 60.7 Å². The number of Topliss-reactive ketones (excluding diaryl/α,β-unsaturated/α-hetero) is 1. The first-order valence-electron chi connectivity index (χ1n) is 5.88. The highest BCUT2D eigenvalue weighted by Gasteiger charge is 2.10. The van der Waals surface area contributed by atoms with Crippen LogP contribution in [0.15, 0.2) is 59.3 Å². The summed E-state index contributed by atoms with van der Waals surface area (Å²) in [6.07, 6.45) is 3.19. The molecule has 0 N–H and O–H groups in total. The second-order valence-corrected chi connectivity index (χ2v) is 4.02. The maximum Gasteiger partial charge on any atom is 0.235 e. The molecule has 3 rings (SSSR count). The van der Waals surface area contributed by atoms with E-state index in [1.54, 1.807) is 18.3 Å². The zero-order valence-corrected chi connectivity index (χ0v) is 10.1. The molecule has 0 aliphatic carbocycles. The Bertz CT molecular complexity index is 699. The molecule has 3 aromatic rings. The van der Waals surface area contributed by atoms with Gasteiger partial charge < -0.3 is 9.15 Å². The average molecular weight is 253 g/mol. The lowest BCUT2D eigenvalue weighted by atomic mass is 10.2. The predicted molar refractivity (Wildman–Crippen MR) is 70.3 cm³/mol. The number of benzene rings is 1. The first-order valence-corrected chi connectivity index (χ1v) is 5.88. The average Bonchev–Trinajstić information content (AvgIpc) is 2.99. The van der Waals surface area contributed by atoms with E-state index in [1.165, 1.54) is 6.26 Å². The standard InChI is InChI=1S/C15H11NO3/c17-13(15-7-3-9-18-15)10-19-14-6-1-5-12-11(14)4-2-8-16-12/h1-9H,10H2. The van der Waals surface area contributed by atoms with Crippen LogP contribution in [0.5, 0.6) is 5.75 Å². The molecule has 19 heavy (non-hydrogen) atoms. The summed E-state index contributed by atoms with van der Waals surface area (Å²) >= 11 is 0. The van der Waals surface area contributed by atoms with Crippen molar-refractivity contribution in [2.24, 2.45) is 0 Å². The Balaban J connectivity index is 1.81. The highest BCUT2D eigenvalue weighted by molar-refractivity contribution is 5.95. The molecule has 4 heteroatoms. The molecule has 0 saturated heterocycles. The number of rotatable bonds is 4. The molecule has 0 bridgehead atoms. The molecular formula is C15H11NO3. The molecule has 1 aromatic carbocycles. The van der Waals surface area contributed by atoms with Crippen LogP contribution in [-0.4, -0.2) is 17.4 Å². The molecule has 94 valence electrons. The van der Waals surface area contributed by atoms with E-state index in [-0.39, 0.29) is 12.4 Å². The predicted octanol–water partition coefficient (Wildman–Crippen LogP) is 3.09. The number of hydrogen-bond acceptors (Lipinski definition) is 4. The summed E-state index contributed by atoms with van der Waals surface area (Å²) in [6, 6.07) is 12.6. The van der Waals surface area contributed by atoms with Crippen molar-refractivity contribution < 1.29 is 13.9 Å². The summed E-state index contributed by atoms with van der Waals surface area (Å²) in [5.74, 6) is 0.759. The van der Waals surface area contributed by atoms with Gasteiger partial charge in [-0.3, -0.25) is 9.78 Å². The zero-order valence-electron chi connectivity index (χ0n) is 10.1. The van der Waals surface area contributed by atoms with E-state index in [4.69, 9.17) is 9.15 Å². The Morgan fingerprint density at radius 3 is 2.95 bits per heavy atom. The summed E-state index contributed by atoms with van der Waals surface area (Å²) in [7, 11) is 0. The summed E-state index contributed by atoms with van der Waals surface area (Å²) in [4.78, 5) is 16.0. The Morgan fingerprint density at radius 2 is 2.11 bits per heavy atom.